The van der Waals surface area contributed by atoms with Crippen LogP contribution in [0.3, 0.4) is 0 Å². The molecule has 23 N–H and O–H groups in total. The van der Waals surface area contributed by atoms with E-state index >= 15 is 33.6 Å². The van der Waals surface area contributed by atoms with Crippen LogP contribution in [0.1, 0.15) is 127 Å². The highest BCUT2D eigenvalue weighted by molar-refractivity contribution is 8.00. The molecule has 0 radical (unpaired) electrons. The first-order valence-electron chi connectivity index (χ1n) is 44.1. The van der Waals surface area contributed by atoms with Crippen LogP contribution in [0.25, 0.3) is 21.8 Å². The molecule has 45 heteroatoms. The van der Waals surface area contributed by atoms with E-state index in [1.807, 2.05) is 13.8 Å². The highest BCUT2D eigenvalue weighted by Crippen LogP contribution is 2.28. The van der Waals surface area contributed by atoms with Gasteiger partial charge in [-0.3, -0.25) is 86.3 Å². The van der Waals surface area contributed by atoms with Crippen molar-refractivity contribution in [3.8, 4) is 5.75 Å². The standard InChI is InChI=1S/C88H120N22O22S/c1-7-9-20-67-81(125)98-58(29-30-89)77(121)105-66(76(120)95-41-72(91)115)44-133-45-73(116)97-62(32-48-23-25-52(112)26-24-48)84(128)106(4)47(3)75(119)102-64(37-71(90)114)87(131)109-31-15-22-68(109)82(126)101-61(35-51-40-92-46-96-51)79(123)99-59(27-28-74(117)118)86(130)110-42-53(113)36-70(110)83(127)100-60(33-49-38-93-56-18-13-11-16-54(49)56)78(122)104-65(43-111)80(124)103-63(34-50-39-94-57-19-14-12-17-55(50)57)85(129)108(6)69(21-10-8-2)88(132)107(67)5/h11-14,16-19,23-26,38-40,46-47,53,58-70,93-94,111-113H,7-10,15,20-22,27-37,41-45,89H2,1-6H3,(H2,90,114)(H2,91,115)(H,92,96)(H,95,120)(H,97,116)(H,98,125)(H,99,123)(H,100,127)(H,101,126)(H,102,119)(H,103,124)(H,104,122)(H,105,121)(H,117,118)/t47-,53+,58-,59-,60-,61-,62-,63-,64-,65-,66-,67-,68-,69-,70-/m0/s1. The number of carboxylic acids is 1. The van der Waals surface area contributed by atoms with Gasteiger partial charge in [-0.15, -0.1) is 11.8 Å². The summed E-state index contributed by atoms with van der Waals surface area (Å²) >= 11 is 0.756. The molecule has 3 aliphatic heterocycles. The van der Waals surface area contributed by atoms with Gasteiger partial charge in [-0.1, -0.05) is 88.1 Å². The van der Waals surface area contributed by atoms with Crippen LogP contribution in [0.15, 0.2) is 97.7 Å². The van der Waals surface area contributed by atoms with Crippen LogP contribution in [0.4, 0.5) is 0 Å². The fourth-order valence-corrected chi connectivity index (χ4v) is 17.1. The molecule has 15 atom stereocenters. The number of benzene rings is 3. The maximum atomic E-state index is 15.7. The number of aliphatic carboxylic acids is 1. The van der Waals surface area contributed by atoms with Gasteiger partial charge in [0.05, 0.1) is 37.8 Å². The molecular formula is C88H120N22O22S. The lowest BCUT2D eigenvalue weighted by molar-refractivity contribution is -0.149. The summed E-state index contributed by atoms with van der Waals surface area (Å²) in [5, 5.41) is 69.8. The van der Waals surface area contributed by atoms with Crippen molar-refractivity contribution in [3.63, 3.8) is 0 Å². The number of carbonyl (C=O) groups is 18. The average molecular weight is 1870 g/mol. The lowest BCUT2D eigenvalue weighted by Gasteiger charge is -2.36. The molecule has 9 rings (SSSR count). The van der Waals surface area contributed by atoms with E-state index in [1.165, 1.54) is 64.9 Å². The number of aromatic hydroxyl groups is 1. The number of aromatic amines is 3. The lowest BCUT2D eigenvalue weighted by atomic mass is 10.00. The second-order valence-electron chi connectivity index (χ2n) is 33.4. The van der Waals surface area contributed by atoms with Crippen LogP contribution in [-0.2, 0) is 112 Å². The number of amides is 17. The molecule has 0 unspecified atom stereocenters. The average Bonchev–Trinajstić information content (AvgIpc) is 1.66. The zero-order valence-corrected chi connectivity index (χ0v) is 75.6. The van der Waals surface area contributed by atoms with Gasteiger partial charge in [0.25, 0.3) is 0 Å². The summed E-state index contributed by atoms with van der Waals surface area (Å²) in [4.78, 5) is 279. The third-order valence-electron chi connectivity index (χ3n) is 23.7. The summed E-state index contributed by atoms with van der Waals surface area (Å²) in [6.45, 7) is 2.03. The summed E-state index contributed by atoms with van der Waals surface area (Å²) in [6.07, 6.45) is 1.46. The number of likely N-dealkylation sites (N-methyl/N-ethyl adjacent to an activating group) is 3. The summed E-state index contributed by atoms with van der Waals surface area (Å²) in [7, 11) is 3.85. The van der Waals surface area contributed by atoms with Crippen molar-refractivity contribution in [2.24, 2.45) is 17.2 Å². The number of phenolic OH excluding ortho intramolecular Hbond substituents is 1. The van der Waals surface area contributed by atoms with Gasteiger partial charge >= 0.3 is 5.97 Å². The molecule has 0 spiro atoms. The smallest absolute Gasteiger partial charge is 0.303 e. The number of primary amides is 2. The molecule has 17 amide bonds. The van der Waals surface area contributed by atoms with Gasteiger partial charge in [-0.05, 0) is 92.9 Å². The maximum Gasteiger partial charge on any atom is 0.303 e. The molecule has 0 aliphatic carbocycles. The number of thioether (sulfide) groups is 1. The van der Waals surface area contributed by atoms with E-state index < -0.39 is 260 Å². The Kier molecular flexibility index (Phi) is 38.1. The van der Waals surface area contributed by atoms with Gasteiger partial charge in [0.15, 0.2) is 0 Å². The first-order chi connectivity index (χ1) is 63.4. The normalized spacial score (nSPS) is 24.9. The number of unbranched alkanes of at least 4 members (excludes halogenated alkanes) is 2. The van der Waals surface area contributed by atoms with Gasteiger partial charge in [-0.25, -0.2) is 4.98 Å². The van der Waals surface area contributed by atoms with Crippen LogP contribution >= 0.6 is 11.8 Å². The predicted octanol–water partition coefficient (Wildman–Crippen LogP) is -4.02. The highest BCUT2D eigenvalue weighted by atomic mass is 32.2. The predicted molar refractivity (Wildman–Crippen MR) is 482 cm³/mol. The zero-order valence-electron chi connectivity index (χ0n) is 74.8. The number of fused-ring (bicyclic) bond motifs is 4. The van der Waals surface area contributed by atoms with E-state index in [2.05, 4.69) is 73.1 Å². The number of nitrogens with one attached hydrogen (secondary N) is 13. The number of para-hydroxylation sites is 2. The number of nitrogens with zero attached hydrogens (tertiary/aromatic N) is 6. The molecule has 0 saturated carbocycles. The maximum absolute atomic E-state index is 15.7. The molecule has 3 saturated heterocycles. The molecule has 3 fully saturated rings. The van der Waals surface area contributed by atoms with Crippen LogP contribution in [0.5, 0.6) is 5.75 Å². The number of H-pyrrole nitrogens is 3. The minimum absolute atomic E-state index is 0.0138. The second kappa shape index (κ2) is 49.1. The van der Waals surface area contributed by atoms with Crippen LogP contribution < -0.4 is 70.4 Å². The molecule has 3 aromatic carbocycles. The second-order valence-corrected chi connectivity index (χ2v) is 34.4. The number of hydrogen-bond donors (Lipinski definition) is 20. The first kappa shape index (κ1) is 103. The summed E-state index contributed by atoms with van der Waals surface area (Å²) in [5.41, 5.74) is 19.9. The van der Waals surface area contributed by atoms with Crippen LogP contribution in [-0.4, -0.2) is 327 Å². The molecule has 44 nitrogen and oxygen atoms in total. The van der Waals surface area contributed by atoms with E-state index in [4.69, 9.17) is 17.2 Å². The van der Waals surface area contributed by atoms with Gasteiger partial charge in [0.2, 0.25) is 100 Å². The minimum Gasteiger partial charge on any atom is -0.508 e. The molecule has 3 aliphatic rings. The number of aromatic nitrogens is 4. The lowest BCUT2D eigenvalue weighted by Crippen LogP contribution is -2.62. The van der Waals surface area contributed by atoms with Crippen molar-refractivity contribution < 1.29 is 107 Å². The fraction of sp³-hybridized carbons (Fsp3) is 0.511. The molecule has 720 valence electrons. The Labute approximate surface area is 769 Å². The number of phenols is 1. The number of aliphatic hydroxyl groups is 2. The minimum atomic E-state index is -1.93. The number of nitrogens with two attached hydrogens (primary N) is 3. The Balaban J connectivity index is 1.09. The van der Waals surface area contributed by atoms with E-state index in [0.29, 0.717) is 64.2 Å². The van der Waals surface area contributed by atoms with Crippen molar-refractivity contribution in [1.29, 1.82) is 0 Å². The van der Waals surface area contributed by atoms with Crippen molar-refractivity contribution in [2.75, 3.05) is 65.4 Å². The van der Waals surface area contributed by atoms with Gasteiger partial charge in [0, 0.05) is 125 Å². The first-order valence-corrected chi connectivity index (χ1v) is 45.2. The Morgan fingerprint density at radius 2 is 1.08 bits per heavy atom. The van der Waals surface area contributed by atoms with E-state index in [-0.39, 0.29) is 75.9 Å². The molecule has 6 heterocycles. The summed E-state index contributed by atoms with van der Waals surface area (Å²) in [5.74, 6) is -19.6. The van der Waals surface area contributed by atoms with Crippen molar-refractivity contribution in [1.82, 2.24) is 97.6 Å². The monoisotopic (exact) mass is 1870 g/mol. The quantitative estimate of drug-likeness (QED) is 0.0260. The SMILES string of the molecule is CCCC[C@H]1C(=O)N(C)[C@@H](CCCC)C(=O)N[C@@H](CCN)C(=O)N[C@H](C(=O)NCC(N)=O)CSCC(=O)N[C@@H](Cc2ccc(O)cc2)C(=O)N(C)[C@@H](C)C(=O)N[C@@H](CC(N)=O)C(=O)N2CCC[C@H]2C(=O)N[C@@H](Cc2cnc[nH]2)C(=O)N[C@@H](CCC(=O)O)C(=O)N2C[C@H](O)C[C@H]2C(=O)N[C@@H](Cc2c[nH]c3ccccc23)C(=O)N[C@@H](CO)C(=O)N[C@@H](Cc2c[nH]c3ccccc23)C(=O)N1C. The van der Waals surface area contributed by atoms with Gasteiger partial charge in [0.1, 0.15) is 90.3 Å². The van der Waals surface area contributed by atoms with E-state index in [0.717, 1.165) is 36.3 Å². The van der Waals surface area contributed by atoms with E-state index in [9.17, 15) is 73.2 Å². The number of carbonyl (C=O) groups excluding carboxylic acids is 17. The van der Waals surface area contributed by atoms with Crippen LogP contribution in [0.2, 0.25) is 0 Å². The molecule has 0 bridgehead atoms. The van der Waals surface area contributed by atoms with E-state index in [1.54, 1.807) is 60.9 Å². The summed E-state index contributed by atoms with van der Waals surface area (Å²) in [6, 6.07) is -3.36. The Morgan fingerprint density at radius 3 is 1.67 bits per heavy atom. The van der Waals surface area contributed by atoms with Crippen molar-refractivity contribution >= 4 is 140 Å². The number of rotatable bonds is 25. The summed E-state index contributed by atoms with van der Waals surface area (Å²) < 4.78 is 0. The number of carboxylic acid groups (broad SMARTS) is 1. The van der Waals surface area contributed by atoms with Gasteiger partial charge < -0.3 is 130 Å². The topological polar surface area (TPSA) is 663 Å². The Hall–Kier alpha value is -13.6. The van der Waals surface area contributed by atoms with Crippen molar-refractivity contribution in [2.45, 2.75) is 221 Å². The Bertz CT molecular complexity index is 5170. The van der Waals surface area contributed by atoms with Gasteiger partial charge in [-0.2, -0.15) is 0 Å². The van der Waals surface area contributed by atoms with Crippen molar-refractivity contribution in [3.05, 3.63) is 120 Å². The molecule has 3 aromatic heterocycles. The van der Waals surface area contributed by atoms with Crippen LogP contribution in [0, 0.1) is 0 Å². The Morgan fingerprint density at radius 1 is 0.541 bits per heavy atom. The highest BCUT2D eigenvalue weighted by Gasteiger charge is 2.47. The molecule has 6 aromatic rings. The third kappa shape index (κ3) is 28.2. The molecule has 133 heavy (non-hydrogen) atoms. The fourth-order valence-electron chi connectivity index (χ4n) is 16.3. The zero-order chi connectivity index (χ0) is 97.0. The number of hydrogen-bond acceptors (Lipinski definition) is 24. The third-order valence-corrected chi connectivity index (χ3v) is 24.8. The number of aliphatic hydroxyl groups excluding tert-OH is 2. The number of imidazole rings is 1. The molecular weight excluding hydrogens is 1750 g/mol. The largest absolute Gasteiger partial charge is 0.508 e.